The van der Waals surface area contributed by atoms with E-state index in [1.807, 2.05) is 18.2 Å². The van der Waals surface area contributed by atoms with Gasteiger partial charge in [0.2, 0.25) is 0 Å². The summed E-state index contributed by atoms with van der Waals surface area (Å²) < 4.78 is 0. The van der Waals surface area contributed by atoms with E-state index in [9.17, 15) is 0 Å². The molecular formula is C23H37N. The first-order valence-corrected chi connectivity index (χ1v) is 10.5. The van der Waals surface area contributed by atoms with Crippen LogP contribution in [0.25, 0.3) is 0 Å². The Hall–Kier alpha value is -1.03. The van der Waals surface area contributed by atoms with Crippen LogP contribution in [0, 0.1) is 35.0 Å². The van der Waals surface area contributed by atoms with Gasteiger partial charge in [-0.15, -0.1) is 0 Å². The van der Waals surface area contributed by atoms with Gasteiger partial charge in [-0.3, -0.25) is 0 Å². The summed E-state index contributed by atoms with van der Waals surface area (Å²) in [4.78, 5) is 0. The molecule has 0 bridgehead atoms. The van der Waals surface area contributed by atoms with Crippen molar-refractivity contribution < 1.29 is 0 Å². The zero-order valence-corrected chi connectivity index (χ0v) is 15.8. The number of nitrogens with zero attached hydrogens (tertiary/aromatic N) is 1. The van der Waals surface area contributed by atoms with Gasteiger partial charge in [-0.25, -0.2) is 0 Å². The van der Waals surface area contributed by atoms with Crippen molar-refractivity contribution in [2.24, 2.45) is 23.7 Å². The molecule has 2 rings (SSSR count). The molecular weight excluding hydrogens is 290 g/mol. The van der Waals surface area contributed by atoms with Crippen LogP contribution < -0.4 is 0 Å². The molecule has 1 nitrogen and oxygen atoms in total. The first kappa shape index (κ1) is 19.3. The molecule has 134 valence electrons. The maximum Gasteiger partial charge on any atom is 0.0912 e. The molecule has 0 heterocycles. The SMILES string of the molecule is CCCCC1CCC(C2CCC(CCC=CC=CC#N)CC2)CC1. The monoisotopic (exact) mass is 327 g/mol. The molecule has 0 N–H and O–H groups in total. The molecule has 0 spiro atoms. The highest BCUT2D eigenvalue weighted by Crippen LogP contribution is 2.43. The van der Waals surface area contributed by atoms with E-state index in [1.165, 1.54) is 83.5 Å². The van der Waals surface area contributed by atoms with Crippen LogP contribution >= 0.6 is 0 Å². The molecule has 0 radical (unpaired) electrons. The zero-order chi connectivity index (χ0) is 17.0. The lowest BCUT2D eigenvalue weighted by Gasteiger charge is -2.38. The van der Waals surface area contributed by atoms with Crippen LogP contribution in [0.5, 0.6) is 0 Å². The number of rotatable bonds is 8. The second-order valence-corrected chi connectivity index (χ2v) is 8.20. The summed E-state index contributed by atoms with van der Waals surface area (Å²) in [6.45, 7) is 2.32. The van der Waals surface area contributed by atoms with Crippen LogP contribution in [-0.4, -0.2) is 0 Å². The second kappa shape index (κ2) is 11.5. The van der Waals surface area contributed by atoms with E-state index in [4.69, 9.17) is 5.26 Å². The third-order valence-electron chi connectivity index (χ3n) is 6.57. The lowest BCUT2D eigenvalue weighted by molar-refractivity contribution is 0.141. The van der Waals surface area contributed by atoms with Gasteiger partial charge in [0.15, 0.2) is 0 Å². The van der Waals surface area contributed by atoms with Gasteiger partial charge in [0.05, 0.1) is 6.07 Å². The number of hydrogen-bond acceptors (Lipinski definition) is 1. The molecule has 0 amide bonds. The van der Waals surface area contributed by atoms with E-state index in [1.54, 1.807) is 6.08 Å². The van der Waals surface area contributed by atoms with Crippen LogP contribution in [0.4, 0.5) is 0 Å². The normalized spacial score (nSPS) is 31.5. The van der Waals surface area contributed by atoms with Crippen molar-refractivity contribution in [1.82, 2.24) is 0 Å². The zero-order valence-electron chi connectivity index (χ0n) is 15.8. The van der Waals surface area contributed by atoms with Crippen molar-refractivity contribution >= 4 is 0 Å². The third-order valence-corrected chi connectivity index (χ3v) is 6.57. The molecule has 0 atom stereocenters. The summed E-state index contributed by atoms with van der Waals surface area (Å²) in [5.74, 6) is 4.11. The summed E-state index contributed by atoms with van der Waals surface area (Å²) in [6.07, 6.45) is 26.4. The minimum absolute atomic E-state index is 0.951. The van der Waals surface area contributed by atoms with Gasteiger partial charge < -0.3 is 0 Å². The van der Waals surface area contributed by atoms with E-state index in [2.05, 4.69) is 13.0 Å². The molecule has 2 fully saturated rings. The highest BCUT2D eigenvalue weighted by molar-refractivity contribution is 5.11. The van der Waals surface area contributed by atoms with Gasteiger partial charge in [-0.1, -0.05) is 70.1 Å². The fraction of sp³-hybridized carbons (Fsp3) is 0.783. The molecule has 0 unspecified atom stereocenters. The summed E-state index contributed by atoms with van der Waals surface area (Å²) in [5, 5.41) is 8.44. The molecule has 0 aromatic rings. The van der Waals surface area contributed by atoms with Gasteiger partial charge in [-0.05, 0) is 62.2 Å². The molecule has 2 aliphatic carbocycles. The number of nitriles is 1. The summed E-state index contributed by atoms with van der Waals surface area (Å²) >= 11 is 0. The Morgan fingerprint density at radius 1 is 0.833 bits per heavy atom. The van der Waals surface area contributed by atoms with Crippen molar-refractivity contribution in [2.45, 2.75) is 90.4 Å². The van der Waals surface area contributed by atoms with Crippen molar-refractivity contribution in [2.75, 3.05) is 0 Å². The Kier molecular flexibility index (Phi) is 9.26. The van der Waals surface area contributed by atoms with E-state index in [-0.39, 0.29) is 0 Å². The van der Waals surface area contributed by atoms with Crippen molar-refractivity contribution in [3.05, 3.63) is 24.3 Å². The fourth-order valence-corrected chi connectivity index (χ4v) is 4.99. The van der Waals surface area contributed by atoms with E-state index < -0.39 is 0 Å². The van der Waals surface area contributed by atoms with Gasteiger partial charge in [0.1, 0.15) is 0 Å². The molecule has 1 heteroatoms. The Bertz CT molecular complexity index is 412. The van der Waals surface area contributed by atoms with E-state index in [0.717, 1.165) is 23.7 Å². The quantitative estimate of drug-likeness (QED) is 0.341. The van der Waals surface area contributed by atoms with Crippen molar-refractivity contribution in [3.63, 3.8) is 0 Å². The number of unbranched alkanes of at least 4 members (excludes halogenated alkanes) is 1. The van der Waals surface area contributed by atoms with E-state index >= 15 is 0 Å². The number of allylic oxidation sites excluding steroid dienone is 4. The average molecular weight is 328 g/mol. The molecule has 2 saturated carbocycles. The van der Waals surface area contributed by atoms with Gasteiger partial charge >= 0.3 is 0 Å². The number of hydrogen-bond donors (Lipinski definition) is 0. The molecule has 0 aromatic carbocycles. The van der Waals surface area contributed by atoms with Crippen molar-refractivity contribution in [1.29, 1.82) is 5.26 Å². The minimum Gasteiger partial charge on any atom is -0.193 e. The average Bonchev–Trinajstić information content (AvgIpc) is 2.64. The highest BCUT2D eigenvalue weighted by Gasteiger charge is 2.30. The lowest BCUT2D eigenvalue weighted by Crippen LogP contribution is -2.25. The van der Waals surface area contributed by atoms with Gasteiger partial charge in [0, 0.05) is 6.08 Å². The van der Waals surface area contributed by atoms with Crippen molar-refractivity contribution in [3.8, 4) is 6.07 Å². The first-order chi connectivity index (χ1) is 11.8. The maximum atomic E-state index is 8.44. The lowest BCUT2D eigenvalue weighted by atomic mass is 9.68. The molecule has 0 saturated heterocycles. The van der Waals surface area contributed by atoms with Crippen LogP contribution in [0.3, 0.4) is 0 Å². The van der Waals surface area contributed by atoms with Crippen LogP contribution in [0.15, 0.2) is 24.3 Å². The molecule has 2 aliphatic rings. The van der Waals surface area contributed by atoms with E-state index in [0.29, 0.717) is 0 Å². The summed E-state index contributed by atoms with van der Waals surface area (Å²) in [7, 11) is 0. The standard InChI is InChI=1S/C23H37N/c1-2-3-9-20-11-15-22(16-12-20)23-17-13-21(14-18-23)10-7-5-4-6-8-19-24/h4-6,8,20-23H,2-3,7,9-18H2,1H3. The second-order valence-electron chi connectivity index (χ2n) is 8.20. The van der Waals surface area contributed by atoms with Gasteiger partial charge in [0.25, 0.3) is 0 Å². The predicted octanol–water partition coefficient (Wildman–Crippen LogP) is 7.21. The Labute approximate surface area is 150 Å². The smallest absolute Gasteiger partial charge is 0.0912 e. The fourth-order valence-electron chi connectivity index (χ4n) is 4.99. The first-order valence-electron chi connectivity index (χ1n) is 10.5. The Morgan fingerprint density at radius 2 is 1.42 bits per heavy atom. The van der Waals surface area contributed by atoms with Crippen LogP contribution in [-0.2, 0) is 0 Å². The van der Waals surface area contributed by atoms with Crippen LogP contribution in [0.1, 0.15) is 90.4 Å². The molecule has 0 aliphatic heterocycles. The summed E-state index contributed by atoms with van der Waals surface area (Å²) in [5.41, 5.74) is 0. The van der Waals surface area contributed by atoms with Gasteiger partial charge in [-0.2, -0.15) is 5.26 Å². The van der Waals surface area contributed by atoms with Crippen LogP contribution in [0.2, 0.25) is 0 Å². The topological polar surface area (TPSA) is 23.8 Å². The highest BCUT2D eigenvalue weighted by atomic mass is 14.4. The largest absolute Gasteiger partial charge is 0.193 e. The molecule has 0 aromatic heterocycles. The summed E-state index contributed by atoms with van der Waals surface area (Å²) in [6, 6.07) is 2.02. The maximum absolute atomic E-state index is 8.44. The molecule has 24 heavy (non-hydrogen) atoms. The predicted molar refractivity (Wildman–Crippen MR) is 104 cm³/mol. The third kappa shape index (κ3) is 6.84. The minimum atomic E-state index is 0.951. The Morgan fingerprint density at radius 3 is 1.96 bits per heavy atom. The Balaban J connectivity index is 1.59.